The molecule has 3 aromatic heterocycles. The first-order valence-corrected chi connectivity index (χ1v) is 17.4. The molecule has 0 spiro atoms. The summed E-state index contributed by atoms with van der Waals surface area (Å²) in [5.41, 5.74) is 16.4. The zero-order chi connectivity index (χ0) is 31.8. The zero-order valence-electron chi connectivity index (χ0n) is 26.7. The molecule has 2 atom stereocenters. The first kappa shape index (κ1) is 26.0. The molecule has 0 fully saturated rings. The number of fused-ring (bicyclic) bond motifs is 13. The van der Waals surface area contributed by atoms with Crippen LogP contribution in [0, 0.1) is 11.8 Å². The molecule has 6 aromatic carbocycles. The second kappa shape index (κ2) is 9.30. The number of furan rings is 1. The molecule has 0 saturated carbocycles. The maximum atomic E-state index is 6.17. The molecule has 3 heterocycles. The van der Waals surface area contributed by atoms with Crippen LogP contribution in [0.2, 0.25) is 0 Å². The number of nitrogens with zero attached hydrogens (tertiary/aromatic N) is 1. The predicted octanol–water partition coefficient (Wildman–Crippen LogP) is 11.9. The average Bonchev–Trinajstić information content (AvgIpc) is 3.90. The second-order valence-electron chi connectivity index (χ2n) is 14.1. The van der Waals surface area contributed by atoms with E-state index in [2.05, 4.69) is 143 Å². The summed E-state index contributed by atoms with van der Waals surface area (Å²) in [4.78, 5) is 3.83. The van der Waals surface area contributed by atoms with Crippen molar-refractivity contribution in [2.24, 2.45) is 11.8 Å². The number of aromatic nitrogens is 2. The highest BCUT2D eigenvalue weighted by Crippen LogP contribution is 2.51. The number of aromatic amines is 1. The highest BCUT2D eigenvalue weighted by molar-refractivity contribution is 6.24. The van der Waals surface area contributed by atoms with Crippen LogP contribution in [0.4, 0.5) is 0 Å². The number of hydrogen-bond acceptors (Lipinski definition) is 1. The van der Waals surface area contributed by atoms with Crippen molar-refractivity contribution in [1.82, 2.24) is 9.55 Å². The van der Waals surface area contributed by atoms with Gasteiger partial charge in [-0.3, -0.25) is 0 Å². The number of H-pyrrole nitrogens is 1. The molecular weight excluding hydrogens is 597 g/mol. The maximum Gasteiger partial charge on any atom is 0.135 e. The van der Waals surface area contributed by atoms with Crippen molar-refractivity contribution in [3.63, 3.8) is 0 Å². The average molecular weight is 627 g/mol. The van der Waals surface area contributed by atoms with E-state index in [9.17, 15) is 0 Å². The molecule has 230 valence electrons. The molecular formula is C46H30N2O. The van der Waals surface area contributed by atoms with Crippen LogP contribution < -0.4 is 0 Å². The van der Waals surface area contributed by atoms with Crippen molar-refractivity contribution in [2.75, 3.05) is 0 Å². The largest absolute Gasteiger partial charge is 0.456 e. The molecule has 12 rings (SSSR count). The zero-order valence-corrected chi connectivity index (χ0v) is 26.7. The summed E-state index contributed by atoms with van der Waals surface area (Å²) in [7, 11) is 0. The summed E-state index contributed by atoms with van der Waals surface area (Å²) in [6.07, 6.45) is 11.8. The van der Waals surface area contributed by atoms with Gasteiger partial charge in [0.2, 0.25) is 0 Å². The van der Waals surface area contributed by atoms with Gasteiger partial charge in [0.1, 0.15) is 11.2 Å². The third-order valence-electron chi connectivity index (χ3n) is 11.6. The van der Waals surface area contributed by atoms with Crippen LogP contribution in [-0.2, 0) is 12.8 Å². The monoisotopic (exact) mass is 626 g/mol. The molecule has 9 aromatic rings. The minimum Gasteiger partial charge on any atom is -0.456 e. The molecule has 1 N–H and O–H groups in total. The fourth-order valence-corrected chi connectivity index (χ4v) is 9.49. The highest BCUT2D eigenvalue weighted by Gasteiger charge is 2.31. The van der Waals surface area contributed by atoms with Gasteiger partial charge in [-0.25, -0.2) is 0 Å². The normalized spacial score (nSPS) is 17.5. The Morgan fingerprint density at radius 3 is 2.18 bits per heavy atom. The van der Waals surface area contributed by atoms with Gasteiger partial charge >= 0.3 is 0 Å². The van der Waals surface area contributed by atoms with Crippen LogP contribution >= 0.6 is 0 Å². The van der Waals surface area contributed by atoms with Crippen LogP contribution in [-0.4, -0.2) is 9.55 Å². The van der Waals surface area contributed by atoms with E-state index in [-0.39, 0.29) is 0 Å². The minimum atomic E-state index is 0.419. The number of benzene rings is 6. The summed E-state index contributed by atoms with van der Waals surface area (Å²) in [6.45, 7) is 0. The molecule has 3 heteroatoms. The van der Waals surface area contributed by atoms with Crippen molar-refractivity contribution in [3.8, 4) is 27.9 Å². The van der Waals surface area contributed by atoms with Gasteiger partial charge in [-0.2, -0.15) is 0 Å². The number of hydrogen-bond donors (Lipinski definition) is 1. The molecule has 49 heavy (non-hydrogen) atoms. The summed E-state index contributed by atoms with van der Waals surface area (Å²) < 4.78 is 8.63. The third kappa shape index (κ3) is 3.42. The third-order valence-corrected chi connectivity index (χ3v) is 11.6. The van der Waals surface area contributed by atoms with Crippen molar-refractivity contribution in [2.45, 2.75) is 12.8 Å². The predicted molar refractivity (Wildman–Crippen MR) is 203 cm³/mol. The first-order chi connectivity index (χ1) is 24.3. The molecule has 0 bridgehead atoms. The molecule has 0 radical (unpaired) electrons. The van der Waals surface area contributed by atoms with E-state index in [1.165, 1.54) is 83.0 Å². The Morgan fingerprint density at radius 2 is 1.27 bits per heavy atom. The lowest BCUT2D eigenvalue weighted by Crippen LogP contribution is -2.20. The van der Waals surface area contributed by atoms with Gasteiger partial charge in [0.05, 0.1) is 5.52 Å². The topological polar surface area (TPSA) is 33.9 Å². The van der Waals surface area contributed by atoms with Crippen molar-refractivity contribution < 1.29 is 4.42 Å². The molecule has 0 amide bonds. The minimum absolute atomic E-state index is 0.419. The van der Waals surface area contributed by atoms with Gasteiger partial charge < -0.3 is 14.0 Å². The Morgan fingerprint density at radius 1 is 0.551 bits per heavy atom. The van der Waals surface area contributed by atoms with Gasteiger partial charge in [-0.1, -0.05) is 91.0 Å². The number of rotatable bonds is 2. The summed E-state index contributed by atoms with van der Waals surface area (Å²) in [5.74, 6) is 0.842. The van der Waals surface area contributed by atoms with Gasteiger partial charge in [-0.05, 0) is 117 Å². The molecule has 3 aliphatic carbocycles. The molecule has 3 aliphatic rings. The Kier molecular flexibility index (Phi) is 4.93. The Balaban J connectivity index is 0.956. The van der Waals surface area contributed by atoms with Gasteiger partial charge in [0, 0.05) is 44.1 Å². The summed E-state index contributed by atoms with van der Waals surface area (Å²) in [6, 6.07) is 42.0. The molecule has 0 aliphatic heterocycles. The van der Waals surface area contributed by atoms with Gasteiger partial charge in [-0.15, -0.1) is 0 Å². The van der Waals surface area contributed by atoms with Crippen LogP contribution in [0.1, 0.15) is 22.5 Å². The van der Waals surface area contributed by atoms with E-state index in [1.807, 2.05) is 6.07 Å². The van der Waals surface area contributed by atoms with E-state index in [0.29, 0.717) is 11.8 Å². The van der Waals surface area contributed by atoms with Gasteiger partial charge in [0.25, 0.3) is 0 Å². The maximum absolute atomic E-state index is 6.17. The Bertz CT molecular complexity index is 2960. The lowest BCUT2D eigenvalue weighted by Gasteiger charge is -2.27. The van der Waals surface area contributed by atoms with E-state index in [4.69, 9.17) is 4.42 Å². The Labute approximate surface area is 282 Å². The van der Waals surface area contributed by atoms with Crippen molar-refractivity contribution >= 4 is 66.7 Å². The van der Waals surface area contributed by atoms with E-state index in [1.54, 1.807) is 0 Å². The molecule has 3 nitrogen and oxygen atoms in total. The van der Waals surface area contributed by atoms with Crippen LogP contribution in [0.3, 0.4) is 0 Å². The summed E-state index contributed by atoms with van der Waals surface area (Å²) in [5, 5.41) is 7.84. The smallest absolute Gasteiger partial charge is 0.135 e. The lowest BCUT2D eigenvalue weighted by atomic mass is 9.77. The Hall–Kier alpha value is -6.06. The van der Waals surface area contributed by atoms with Gasteiger partial charge in [0.15, 0.2) is 0 Å². The second-order valence-corrected chi connectivity index (χ2v) is 14.1. The van der Waals surface area contributed by atoms with E-state index in [0.717, 1.165) is 34.8 Å². The fraction of sp³-hybridized carbons (Fsp3) is 0.0870. The van der Waals surface area contributed by atoms with Crippen LogP contribution in [0.15, 0.2) is 132 Å². The number of para-hydroxylation sites is 2. The summed E-state index contributed by atoms with van der Waals surface area (Å²) >= 11 is 0. The molecule has 2 unspecified atom stereocenters. The van der Waals surface area contributed by atoms with Crippen molar-refractivity contribution in [3.05, 3.63) is 150 Å². The van der Waals surface area contributed by atoms with E-state index < -0.39 is 0 Å². The lowest BCUT2D eigenvalue weighted by molar-refractivity contribution is 0.467. The highest BCUT2D eigenvalue weighted by atomic mass is 16.3. The standard InChI is InChI=1S/C46H30N2O/c1-2-9-30-29(8-1)33-12-7-13-34-45(33)37(30)25-40-46(34)38-23-26(16-19-39(38)47-40)27-17-20-42-35(22-27)31-10-3-5-14-41(31)48(42)28-18-21-44-36(24-28)32-11-4-6-15-43(32)49-44/h1-21,24-27,47H,22-23H2. The van der Waals surface area contributed by atoms with Crippen molar-refractivity contribution in [1.29, 1.82) is 0 Å². The van der Waals surface area contributed by atoms with Crippen LogP contribution in [0.5, 0.6) is 0 Å². The first-order valence-electron chi connectivity index (χ1n) is 17.4. The van der Waals surface area contributed by atoms with E-state index >= 15 is 0 Å². The number of nitrogens with one attached hydrogen (secondary N) is 1. The molecule has 0 saturated heterocycles. The fourth-order valence-electron chi connectivity index (χ4n) is 9.49. The quantitative estimate of drug-likeness (QED) is 0.203. The van der Waals surface area contributed by atoms with Crippen LogP contribution in [0.25, 0.3) is 94.6 Å². The SMILES string of the molecule is C1=CC(C2C=Cc3c(c4ccccc4n3-c3ccc4oc5ccccc5c4c3)C2)Cc2c1[nH]c1cc3c4c(cccc4c21)-c1ccccc1-3. The number of allylic oxidation sites excluding steroid dienone is 2.